The largest absolute Gasteiger partial charge is 0.374 e. The smallest absolute Gasteiger partial charge is 0.226 e. The summed E-state index contributed by atoms with van der Waals surface area (Å²) in [7, 11) is 1.90. The van der Waals surface area contributed by atoms with Gasteiger partial charge in [-0.3, -0.25) is 14.6 Å². The van der Waals surface area contributed by atoms with Crippen LogP contribution < -0.4 is 5.32 Å². The molecule has 2 atom stereocenters. The zero-order valence-corrected chi connectivity index (χ0v) is 15.3. The number of carbonyl (C=O) groups excluding carboxylic acids is 1. The molecule has 0 radical (unpaired) electrons. The minimum Gasteiger partial charge on any atom is -0.374 e. The Hall–Kier alpha value is -0.690. The Morgan fingerprint density at radius 3 is 2.48 bits per heavy atom. The minimum absolute atomic E-state index is 0.0628. The van der Waals surface area contributed by atoms with Crippen molar-refractivity contribution in [3.63, 3.8) is 0 Å². The number of hydrogen-bond donors (Lipinski definition) is 1. The van der Waals surface area contributed by atoms with Crippen LogP contribution in [0.25, 0.3) is 0 Å². The van der Waals surface area contributed by atoms with Gasteiger partial charge in [-0.15, -0.1) is 0 Å². The van der Waals surface area contributed by atoms with Gasteiger partial charge in [0, 0.05) is 64.3 Å². The van der Waals surface area contributed by atoms with Crippen LogP contribution in [0.5, 0.6) is 0 Å². The van der Waals surface area contributed by atoms with Gasteiger partial charge in [-0.1, -0.05) is 6.92 Å². The molecule has 0 spiro atoms. The van der Waals surface area contributed by atoms with Gasteiger partial charge in [0.2, 0.25) is 5.91 Å². The van der Waals surface area contributed by atoms with E-state index in [1.807, 2.05) is 18.9 Å². The van der Waals surface area contributed by atoms with Crippen LogP contribution in [0.2, 0.25) is 0 Å². The summed E-state index contributed by atoms with van der Waals surface area (Å²) in [5, 5.41) is 3.08. The molecule has 2 heterocycles. The molecule has 134 valence electrons. The van der Waals surface area contributed by atoms with E-state index in [4.69, 9.17) is 4.74 Å². The van der Waals surface area contributed by atoms with Gasteiger partial charge in [-0.2, -0.15) is 0 Å². The van der Waals surface area contributed by atoms with Crippen LogP contribution in [0.3, 0.4) is 0 Å². The van der Waals surface area contributed by atoms with Crippen molar-refractivity contribution in [3.05, 3.63) is 0 Å². The normalized spacial score (nSPS) is 25.8. The highest BCUT2D eigenvalue weighted by molar-refractivity contribution is 5.78. The van der Waals surface area contributed by atoms with Gasteiger partial charge in [-0.25, -0.2) is 0 Å². The molecule has 0 aliphatic carbocycles. The Bertz CT molecular complexity index is 370. The van der Waals surface area contributed by atoms with Gasteiger partial charge >= 0.3 is 0 Å². The first kappa shape index (κ1) is 18.6. The molecule has 2 aliphatic rings. The zero-order valence-electron chi connectivity index (χ0n) is 15.3. The molecule has 6 nitrogen and oxygen atoms in total. The highest BCUT2D eigenvalue weighted by Crippen LogP contribution is 2.12. The Balaban J connectivity index is 1.73. The van der Waals surface area contributed by atoms with E-state index in [1.165, 1.54) is 0 Å². The lowest BCUT2D eigenvalue weighted by Crippen LogP contribution is -2.55. The first-order valence-corrected chi connectivity index (χ1v) is 9.02. The molecule has 0 aromatic heterocycles. The third-order valence-corrected chi connectivity index (χ3v) is 4.98. The van der Waals surface area contributed by atoms with E-state index in [0.29, 0.717) is 12.1 Å². The lowest BCUT2D eigenvalue weighted by Gasteiger charge is -2.40. The molecule has 0 saturated carbocycles. The average molecular weight is 326 g/mol. The van der Waals surface area contributed by atoms with Crippen LogP contribution >= 0.6 is 0 Å². The zero-order chi connectivity index (χ0) is 16.8. The topological polar surface area (TPSA) is 48.1 Å². The number of rotatable bonds is 6. The summed E-state index contributed by atoms with van der Waals surface area (Å²) in [6.45, 7) is 14.7. The summed E-state index contributed by atoms with van der Waals surface area (Å²) in [4.78, 5) is 19.3. The van der Waals surface area contributed by atoms with Crippen LogP contribution in [0, 0.1) is 5.92 Å². The Kier molecular flexibility index (Phi) is 7.27. The Labute approximate surface area is 141 Å². The van der Waals surface area contributed by atoms with Crippen molar-refractivity contribution >= 4 is 5.91 Å². The predicted octanol–water partition coefficient (Wildman–Crippen LogP) is 0.0953. The number of morpholine rings is 1. The molecule has 23 heavy (non-hydrogen) atoms. The average Bonchev–Trinajstić information content (AvgIpc) is 2.55. The van der Waals surface area contributed by atoms with Gasteiger partial charge in [0.15, 0.2) is 0 Å². The van der Waals surface area contributed by atoms with E-state index in [9.17, 15) is 4.79 Å². The maximum Gasteiger partial charge on any atom is 0.226 e. The number of nitrogens with zero attached hydrogens (tertiary/aromatic N) is 3. The molecule has 2 aliphatic heterocycles. The highest BCUT2D eigenvalue weighted by Gasteiger charge is 2.28. The lowest BCUT2D eigenvalue weighted by atomic mass is 10.1. The Morgan fingerprint density at radius 1 is 1.17 bits per heavy atom. The van der Waals surface area contributed by atoms with E-state index < -0.39 is 0 Å². The summed E-state index contributed by atoms with van der Waals surface area (Å²) >= 11 is 0. The molecule has 0 aromatic rings. The standard InChI is InChI=1S/C17H34N4O2/c1-14(2)21-9-10-23-16(13-21)12-19-5-7-20(8-6-19)17(22)15(3)11-18-4/h14-16,18H,5-13H2,1-4H3. The molecule has 0 bridgehead atoms. The van der Waals surface area contributed by atoms with Gasteiger partial charge in [0.25, 0.3) is 0 Å². The van der Waals surface area contributed by atoms with Gasteiger partial charge in [0.1, 0.15) is 0 Å². The third-order valence-electron chi connectivity index (χ3n) is 4.98. The fourth-order valence-electron chi connectivity index (χ4n) is 3.47. The number of ether oxygens (including phenoxy) is 1. The summed E-state index contributed by atoms with van der Waals surface area (Å²) in [6, 6.07) is 0.588. The number of piperazine rings is 1. The van der Waals surface area contributed by atoms with Crippen LogP contribution in [-0.4, -0.2) is 98.8 Å². The van der Waals surface area contributed by atoms with E-state index in [-0.39, 0.29) is 11.8 Å². The number of amides is 1. The summed E-state index contributed by atoms with van der Waals surface area (Å²) in [5.74, 6) is 0.340. The molecule has 1 amide bonds. The molecular formula is C17H34N4O2. The van der Waals surface area contributed by atoms with Crippen molar-refractivity contribution in [1.82, 2.24) is 20.0 Å². The molecule has 0 aromatic carbocycles. The number of carbonyl (C=O) groups is 1. The summed E-state index contributed by atoms with van der Waals surface area (Å²) in [6.07, 6.45) is 0.302. The van der Waals surface area contributed by atoms with E-state index in [2.05, 4.69) is 29.0 Å². The predicted molar refractivity (Wildman–Crippen MR) is 92.6 cm³/mol. The van der Waals surface area contributed by atoms with Crippen LogP contribution in [0.15, 0.2) is 0 Å². The molecular weight excluding hydrogens is 292 g/mol. The van der Waals surface area contributed by atoms with E-state index >= 15 is 0 Å². The second-order valence-electron chi connectivity index (χ2n) is 7.17. The quantitative estimate of drug-likeness (QED) is 0.750. The van der Waals surface area contributed by atoms with Crippen molar-refractivity contribution in [1.29, 1.82) is 0 Å². The first-order chi connectivity index (χ1) is 11.0. The maximum absolute atomic E-state index is 12.3. The van der Waals surface area contributed by atoms with Crippen molar-refractivity contribution in [3.8, 4) is 0 Å². The molecule has 2 saturated heterocycles. The van der Waals surface area contributed by atoms with Crippen LogP contribution in [0.4, 0.5) is 0 Å². The van der Waals surface area contributed by atoms with Gasteiger partial charge in [-0.05, 0) is 20.9 Å². The minimum atomic E-state index is 0.0628. The SMILES string of the molecule is CNCC(C)C(=O)N1CCN(CC2CN(C(C)C)CCO2)CC1. The maximum atomic E-state index is 12.3. The van der Waals surface area contributed by atoms with E-state index in [1.54, 1.807) is 0 Å². The molecule has 6 heteroatoms. The second-order valence-corrected chi connectivity index (χ2v) is 7.17. The fourth-order valence-corrected chi connectivity index (χ4v) is 3.47. The highest BCUT2D eigenvalue weighted by atomic mass is 16.5. The number of nitrogens with one attached hydrogen (secondary N) is 1. The van der Waals surface area contributed by atoms with Crippen LogP contribution in [0.1, 0.15) is 20.8 Å². The monoisotopic (exact) mass is 326 g/mol. The van der Waals surface area contributed by atoms with Crippen molar-refractivity contribution in [2.75, 3.05) is 66.0 Å². The van der Waals surface area contributed by atoms with Gasteiger partial charge in [0.05, 0.1) is 12.7 Å². The number of hydrogen-bond acceptors (Lipinski definition) is 5. The lowest BCUT2D eigenvalue weighted by molar-refractivity contribution is -0.137. The first-order valence-electron chi connectivity index (χ1n) is 9.02. The van der Waals surface area contributed by atoms with E-state index in [0.717, 1.165) is 59.0 Å². The van der Waals surface area contributed by atoms with Crippen molar-refractivity contribution in [2.45, 2.75) is 32.9 Å². The fraction of sp³-hybridized carbons (Fsp3) is 0.941. The summed E-state index contributed by atoms with van der Waals surface area (Å²) < 4.78 is 5.93. The molecule has 2 fully saturated rings. The second kappa shape index (κ2) is 8.97. The van der Waals surface area contributed by atoms with Crippen molar-refractivity contribution in [2.24, 2.45) is 5.92 Å². The van der Waals surface area contributed by atoms with Crippen molar-refractivity contribution < 1.29 is 9.53 Å². The summed E-state index contributed by atoms with van der Waals surface area (Å²) in [5.41, 5.74) is 0. The molecule has 1 N–H and O–H groups in total. The van der Waals surface area contributed by atoms with Crippen LogP contribution in [-0.2, 0) is 9.53 Å². The Morgan fingerprint density at radius 2 is 1.87 bits per heavy atom. The van der Waals surface area contributed by atoms with Gasteiger partial charge < -0.3 is 15.0 Å². The molecule has 2 unspecified atom stereocenters. The third kappa shape index (κ3) is 5.41. The molecule has 2 rings (SSSR count).